The van der Waals surface area contributed by atoms with E-state index in [0.717, 1.165) is 28.9 Å². The number of aliphatic hydroxyl groups excluding tert-OH is 1. The van der Waals surface area contributed by atoms with Crippen LogP contribution in [0.25, 0.3) is 0 Å². The van der Waals surface area contributed by atoms with Crippen LogP contribution in [-0.2, 0) is 30.5 Å². The van der Waals surface area contributed by atoms with E-state index in [0.29, 0.717) is 31.8 Å². The van der Waals surface area contributed by atoms with Crippen LogP contribution in [0.2, 0.25) is 0 Å². The molecular weight excluding hydrogens is 502 g/mol. The molecule has 2 aromatic carbocycles. The first-order chi connectivity index (χ1) is 18.8. The van der Waals surface area contributed by atoms with Crippen LogP contribution in [0.4, 0.5) is 0 Å². The number of hydrogen-bond donors (Lipinski definition) is 3. The van der Waals surface area contributed by atoms with Crippen molar-refractivity contribution in [2.24, 2.45) is 0 Å². The number of ether oxygens (including phenoxy) is 2. The average molecular weight is 538 g/mol. The van der Waals surface area contributed by atoms with Crippen LogP contribution in [0.3, 0.4) is 0 Å². The normalized spacial score (nSPS) is 16.3. The number of benzene rings is 2. The van der Waals surface area contributed by atoms with Crippen LogP contribution >= 0.6 is 0 Å². The SMILES string of the molecule is CNC(=O)C(C)(C(=O)NOC1CCCCO1)N(C)C(=O)c1ccc(C#Cc2ccc(COCCO)cc2)cc1. The highest BCUT2D eigenvalue weighted by molar-refractivity contribution is 6.12. The summed E-state index contributed by atoms with van der Waals surface area (Å²) < 4.78 is 10.7. The van der Waals surface area contributed by atoms with Crippen molar-refractivity contribution >= 4 is 17.7 Å². The Labute approximate surface area is 228 Å². The predicted molar refractivity (Wildman–Crippen MR) is 143 cm³/mol. The first-order valence-corrected chi connectivity index (χ1v) is 12.8. The van der Waals surface area contributed by atoms with E-state index in [1.54, 1.807) is 24.3 Å². The van der Waals surface area contributed by atoms with Crippen LogP contribution in [0.15, 0.2) is 48.5 Å². The van der Waals surface area contributed by atoms with Gasteiger partial charge in [-0.2, -0.15) is 0 Å². The smallest absolute Gasteiger partial charge is 0.279 e. The zero-order valence-electron chi connectivity index (χ0n) is 22.5. The third-order valence-electron chi connectivity index (χ3n) is 6.45. The molecule has 1 heterocycles. The van der Waals surface area contributed by atoms with E-state index >= 15 is 0 Å². The first-order valence-electron chi connectivity index (χ1n) is 12.8. The van der Waals surface area contributed by atoms with Gasteiger partial charge >= 0.3 is 0 Å². The third-order valence-corrected chi connectivity index (χ3v) is 6.45. The van der Waals surface area contributed by atoms with Gasteiger partial charge < -0.3 is 24.8 Å². The maximum absolute atomic E-state index is 13.3. The van der Waals surface area contributed by atoms with Crippen LogP contribution in [0.5, 0.6) is 0 Å². The Kier molecular flexibility index (Phi) is 11.0. The minimum Gasteiger partial charge on any atom is -0.394 e. The zero-order valence-corrected chi connectivity index (χ0v) is 22.5. The minimum absolute atomic E-state index is 0.0157. The maximum atomic E-state index is 13.3. The van der Waals surface area contributed by atoms with Gasteiger partial charge in [0.1, 0.15) is 0 Å². The lowest BCUT2D eigenvalue weighted by molar-refractivity contribution is -0.204. The topological polar surface area (TPSA) is 126 Å². The quantitative estimate of drug-likeness (QED) is 0.182. The molecule has 1 aliphatic heterocycles. The molecule has 39 heavy (non-hydrogen) atoms. The molecule has 3 N–H and O–H groups in total. The molecule has 2 aromatic rings. The monoisotopic (exact) mass is 537 g/mol. The predicted octanol–water partition coefficient (Wildman–Crippen LogP) is 1.75. The van der Waals surface area contributed by atoms with Crippen LogP contribution in [0.1, 0.15) is 53.2 Å². The van der Waals surface area contributed by atoms with Crippen molar-refractivity contribution in [3.63, 3.8) is 0 Å². The fraction of sp³-hybridized carbons (Fsp3) is 0.414. The molecule has 10 nitrogen and oxygen atoms in total. The standard InChI is InChI=1S/C29H35N3O7/c1-29(27(35)30-2,28(36)31-39-25-6-4-5-18-38-25)32(3)26(34)24-15-13-22(14-16-24)8-7-21-9-11-23(12-10-21)20-37-19-17-33/h9-16,25,33H,4-6,17-20H2,1-3H3,(H,30,35)(H,31,36). The van der Waals surface area contributed by atoms with Crippen molar-refractivity contribution in [3.8, 4) is 11.8 Å². The fourth-order valence-corrected chi connectivity index (χ4v) is 3.85. The number of aliphatic hydroxyl groups is 1. The van der Waals surface area contributed by atoms with E-state index in [-0.39, 0.29) is 12.2 Å². The highest BCUT2D eigenvalue weighted by Gasteiger charge is 2.47. The number of nitrogens with zero attached hydrogens (tertiary/aromatic N) is 1. The molecule has 0 radical (unpaired) electrons. The van der Waals surface area contributed by atoms with E-state index < -0.39 is 29.6 Å². The molecular formula is C29H35N3O7. The Balaban J connectivity index is 1.67. The summed E-state index contributed by atoms with van der Waals surface area (Å²) in [5, 5.41) is 11.2. The maximum Gasteiger partial charge on any atom is 0.279 e. The third kappa shape index (κ3) is 7.88. The van der Waals surface area contributed by atoms with Crippen molar-refractivity contribution < 1.29 is 33.8 Å². The van der Waals surface area contributed by atoms with Crippen LogP contribution in [-0.4, -0.2) is 73.5 Å². The van der Waals surface area contributed by atoms with Crippen molar-refractivity contribution in [1.82, 2.24) is 15.7 Å². The second-order valence-corrected chi connectivity index (χ2v) is 9.16. The molecule has 0 saturated carbocycles. The molecule has 0 aliphatic carbocycles. The summed E-state index contributed by atoms with van der Waals surface area (Å²) in [6.07, 6.45) is 1.84. The highest BCUT2D eigenvalue weighted by atomic mass is 16.8. The Bertz CT molecular complexity index is 1180. The van der Waals surface area contributed by atoms with Gasteiger partial charge in [0.05, 0.1) is 19.8 Å². The van der Waals surface area contributed by atoms with E-state index in [4.69, 9.17) is 19.4 Å². The molecule has 10 heteroatoms. The van der Waals surface area contributed by atoms with Gasteiger partial charge in [-0.1, -0.05) is 24.0 Å². The number of nitrogens with one attached hydrogen (secondary N) is 2. The number of amides is 3. The number of hydrogen-bond acceptors (Lipinski definition) is 7. The summed E-state index contributed by atoms with van der Waals surface area (Å²) in [5.41, 5.74) is 3.19. The fourth-order valence-electron chi connectivity index (χ4n) is 3.85. The van der Waals surface area contributed by atoms with E-state index in [1.165, 1.54) is 21.0 Å². The molecule has 0 bridgehead atoms. The van der Waals surface area contributed by atoms with Crippen molar-refractivity contribution in [1.29, 1.82) is 0 Å². The highest BCUT2D eigenvalue weighted by Crippen LogP contribution is 2.20. The first kappa shape index (κ1) is 29.8. The van der Waals surface area contributed by atoms with E-state index in [9.17, 15) is 14.4 Å². The lowest BCUT2D eigenvalue weighted by atomic mass is 9.96. The Morgan fingerprint density at radius 2 is 1.69 bits per heavy atom. The van der Waals surface area contributed by atoms with Gasteiger partial charge in [-0.3, -0.25) is 14.4 Å². The lowest BCUT2D eigenvalue weighted by Gasteiger charge is -2.36. The summed E-state index contributed by atoms with van der Waals surface area (Å²) in [4.78, 5) is 45.6. The van der Waals surface area contributed by atoms with Gasteiger partial charge in [-0.25, -0.2) is 10.3 Å². The number of carbonyl (C=O) groups is 3. The number of likely N-dealkylation sites (N-methyl/N-ethyl adjacent to an activating group) is 2. The Morgan fingerprint density at radius 1 is 1.05 bits per heavy atom. The summed E-state index contributed by atoms with van der Waals surface area (Å²) in [6, 6.07) is 14.2. The molecule has 208 valence electrons. The average Bonchev–Trinajstić information content (AvgIpc) is 2.98. The molecule has 0 spiro atoms. The molecule has 0 aromatic heterocycles. The second-order valence-electron chi connectivity index (χ2n) is 9.16. The second kappa shape index (κ2) is 14.4. The molecule has 2 atom stereocenters. The van der Waals surface area contributed by atoms with Crippen LogP contribution in [0, 0.1) is 11.8 Å². The Hall–Kier alpha value is -3.75. The number of hydroxylamine groups is 1. The molecule has 3 amide bonds. The Morgan fingerprint density at radius 3 is 2.26 bits per heavy atom. The minimum atomic E-state index is -1.88. The van der Waals surface area contributed by atoms with Crippen LogP contribution < -0.4 is 10.8 Å². The van der Waals surface area contributed by atoms with E-state index in [1.807, 2.05) is 24.3 Å². The largest absolute Gasteiger partial charge is 0.394 e. The summed E-state index contributed by atoms with van der Waals surface area (Å²) >= 11 is 0. The molecule has 1 saturated heterocycles. The van der Waals surface area contributed by atoms with Gasteiger partial charge in [0.15, 0.2) is 11.8 Å². The van der Waals surface area contributed by atoms with Crippen molar-refractivity contribution in [3.05, 3.63) is 70.8 Å². The molecule has 1 aliphatic rings. The van der Waals surface area contributed by atoms with E-state index in [2.05, 4.69) is 22.6 Å². The number of rotatable bonds is 10. The number of carbonyl (C=O) groups excluding carboxylic acids is 3. The molecule has 1 fully saturated rings. The van der Waals surface area contributed by atoms with Gasteiger partial charge in [0.25, 0.3) is 17.7 Å². The van der Waals surface area contributed by atoms with Gasteiger partial charge in [0, 0.05) is 43.8 Å². The molecule has 3 rings (SSSR count). The summed E-state index contributed by atoms with van der Waals surface area (Å²) in [5.74, 6) is 4.14. The van der Waals surface area contributed by atoms with Crippen molar-refractivity contribution in [2.75, 3.05) is 33.9 Å². The summed E-state index contributed by atoms with van der Waals surface area (Å²) in [6.45, 7) is 2.57. The lowest BCUT2D eigenvalue weighted by Crippen LogP contribution is -2.65. The molecule has 2 unspecified atom stereocenters. The van der Waals surface area contributed by atoms with Gasteiger partial charge in [-0.15, -0.1) is 0 Å². The van der Waals surface area contributed by atoms with Crippen molar-refractivity contribution in [2.45, 2.75) is 44.6 Å². The zero-order chi connectivity index (χ0) is 28.3. The van der Waals surface area contributed by atoms with Gasteiger partial charge in [0.2, 0.25) is 0 Å². The summed E-state index contributed by atoms with van der Waals surface area (Å²) in [7, 11) is 2.78. The van der Waals surface area contributed by atoms with Gasteiger partial charge in [-0.05, 0) is 61.7 Å².